The number of nitriles is 1. The van der Waals surface area contributed by atoms with E-state index in [1.54, 1.807) is 17.1 Å². The minimum atomic E-state index is -0.501. The van der Waals surface area contributed by atoms with Gasteiger partial charge in [-0.15, -0.1) is 0 Å². The number of nitrogens with zero attached hydrogens (tertiary/aromatic N) is 3. The number of hydrogen-bond acceptors (Lipinski definition) is 4. The predicted molar refractivity (Wildman–Crippen MR) is 127 cm³/mol. The zero-order valence-corrected chi connectivity index (χ0v) is 20.7. The van der Waals surface area contributed by atoms with Crippen molar-refractivity contribution in [3.8, 4) is 6.07 Å². The van der Waals surface area contributed by atoms with Gasteiger partial charge in [0.15, 0.2) is 5.78 Å². The largest absolute Gasteiger partial charge is 0.390 e. The number of Topliss-reactive ketones (excluding diaryl/α,β-unsaturated/α-hetero) is 1. The second kappa shape index (κ2) is 8.22. The summed E-state index contributed by atoms with van der Waals surface area (Å²) in [7, 11) is 0. The predicted octanol–water partition coefficient (Wildman–Crippen LogP) is 5.51. The summed E-state index contributed by atoms with van der Waals surface area (Å²) in [6.45, 7) is 7.30. The van der Waals surface area contributed by atoms with Crippen molar-refractivity contribution in [3.63, 3.8) is 0 Å². The fourth-order valence-electron chi connectivity index (χ4n) is 9.05. The van der Waals surface area contributed by atoms with E-state index < -0.39 is 5.60 Å². The molecule has 1 heterocycles. The van der Waals surface area contributed by atoms with Crippen molar-refractivity contribution in [3.05, 3.63) is 18.0 Å². The highest BCUT2D eigenvalue weighted by atomic mass is 16.3. The van der Waals surface area contributed by atoms with Crippen LogP contribution >= 0.6 is 0 Å². The fraction of sp³-hybridized carbons (Fsp3) is 0.821. The van der Waals surface area contributed by atoms with Gasteiger partial charge in [0.1, 0.15) is 6.07 Å². The maximum absolute atomic E-state index is 13.5. The Morgan fingerprint density at radius 1 is 1.06 bits per heavy atom. The molecule has 33 heavy (non-hydrogen) atoms. The van der Waals surface area contributed by atoms with Crippen molar-refractivity contribution in [1.29, 1.82) is 5.26 Å². The fourth-order valence-corrected chi connectivity index (χ4v) is 9.05. The van der Waals surface area contributed by atoms with Crippen molar-refractivity contribution in [2.45, 2.75) is 104 Å². The number of rotatable bonds is 3. The van der Waals surface area contributed by atoms with Gasteiger partial charge in [-0.3, -0.25) is 9.48 Å². The first-order chi connectivity index (χ1) is 15.7. The molecule has 4 saturated carbocycles. The molecule has 0 spiro atoms. The molecule has 0 aromatic carbocycles. The molecule has 4 fully saturated rings. The molecular weight excluding hydrogens is 410 g/mol. The standard InChI is InChI=1S/C28H41N3O2/c1-26(33)11-9-20-7-8-21-22-5-4-6-24(25(32)18-31-17-19(15-29)16-30-31)28(22,3)12-10-23(21)27(20,2)14-13-26/h16-17,20-24,33H,4-14,18H2,1-3H3/t20-,21+,22+,23+,24-,26+,27+,28+/m1/s1. The minimum Gasteiger partial charge on any atom is -0.390 e. The second-order valence-corrected chi connectivity index (χ2v) is 12.7. The van der Waals surface area contributed by atoms with Gasteiger partial charge in [-0.25, -0.2) is 0 Å². The monoisotopic (exact) mass is 451 g/mol. The summed E-state index contributed by atoms with van der Waals surface area (Å²) in [4.78, 5) is 13.5. The lowest BCUT2D eigenvalue weighted by molar-refractivity contribution is -0.152. The Bertz CT molecular complexity index is 945. The molecule has 0 bridgehead atoms. The van der Waals surface area contributed by atoms with Crippen LogP contribution in [-0.4, -0.2) is 26.3 Å². The summed E-state index contributed by atoms with van der Waals surface area (Å²) >= 11 is 0. The van der Waals surface area contributed by atoms with Crippen LogP contribution in [0.3, 0.4) is 0 Å². The summed E-state index contributed by atoms with van der Waals surface area (Å²) < 4.78 is 1.66. The van der Waals surface area contributed by atoms with Gasteiger partial charge in [-0.2, -0.15) is 10.4 Å². The van der Waals surface area contributed by atoms with Crippen LogP contribution in [0.25, 0.3) is 0 Å². The van der Waals surface area contributed by atoms with Gasteiger partial charge >= 0.3 is 0 Å². The third-order valence-corrected chi connectivity index (χ3v) is 11.0. The van der Waals surface area contributed by atoms with Crippen molar-refractivity contribution in [2.24, 2.45) is 40.4 Å². The number of ketones is 1. The van der Waals surface area contributed by atoms with Gasteiger partial charge in [-0.05, 0) is 106 Å². The van der Waals surface area contributed by atoms with E-state index in [1.807, 2.05) is 6.92 Å². The highest BCUT2D eigenvalue weighted by Gasteiger charge is 2.59. The third-order valence-electron chi connectivity index (χ3n) is 11.0. The van der Waals surface area contributed by atoms with Crippen molar-refractivity contribution in [1.82, 2.24) is 9.78 Å². The molecule has 1 aromatic heterocycles. The average molecular weight is 452 g/mol. The Kier molecular flexibility index (Phi) is 5.75. The molecule has 4 aliphatic carbocycles. The number of carbonyl (C=O) groups excluding carboxylic acids is 1. The van der Waals surface area contributed by atoms with E-state index in [2.05, 4.69) is 25.0 Å². The maximum atomic E-state index is 13.5. The van der Waals surface area contributed by atoms with Crippen LogP contribution in [0.1, 0.15) is 97.0 Å². The van der Waals surface area contributed by atoms with Gasteiger partial charge in [0, 0.05) is 12.1 Å². The summed E-state index contributed by atoms with van der Waals surface area (Å²) in [6.07, 6.45) is 15.8. The van der Waals surface area contributed by atoms with E-state index in [9.17, 15) is 9.90 Å². The van der Waals surface area contributed by atoms with Crippen LogP contribution in [0.2, 0.25) is 0 Å². The van der Waals surface area contributed by atoms with E-state index >= 15 is 0 Å². The molecule has 5 rings (SSSR count). The topological polar surface area (TPSA) is 78.9 Å². The first-order valence-electron chi connectivity index (χ1n) is 13.3. The van der Waals surface area contributed by atoms with Crippen molar-refractivity contribution >= 4 is 5.78 Å². The van der Waals surface area contributed by atoms with Gasteiger partial charge in [0.25, 0.3) is 0 Å². The minimum absolute atomic E-state index is 0.0845. The first-order valence-corrected chi connectivity index (χ1v) is 13.3. The second-order valence-electron chi connectivity index (χ2n) is 12.7. The van der Waals surface area contributed by atoms with Gasteiger partial charge < -0.3 is 5.11 Å². The van der Waals surface area contributed by atoms with Crippen molar-refractivity contribution in [2.75, 3.05) is 0 Å². The highest BCUT2D eigenvalue weighted by Crippen LogP contribution is 2.66. The third kappa shape index (κ3) is 3.87. The zero-order chi connectivity index (χ0) is 23.4. The van der Waals surface area contributed by atoms with Gasteiger partial charge in [0.05, 0.1) is 23.9 Å². The normalized spacial score (nSPS) is 45.1. The quantitative estimate of drug-likeness (QED) is 0.657. The molecular formula is C28H41N3O2. The number of fused-ring (bicyclic) bond motifs is 5. The maximum Gasteiger partial charge on any atom is 0.157 e. The number of hydrogen-bond donors (Lipinski definition) is 1. The molecule has 0 aliphatic heterocycles. The molecule has 4 aliphatic rings. The Balaban J connectivity index is 1.37. The van der Waals surface area contributed by atoms with Crippen LogP contribution in [0.15, 0.2) is 12.4 Å². The van der Waals surface area contributed by atoms with Crippen LogP contribution in [0.5, 0.6) is 0 Å². The zero-order valence-electron chi connectivity index (χ0n) is 20.7. The summed E-state index contributed by atoms with van der Waals surface area (Å²) in [6, 6.07) is 2.11. The van der Waals surface area contributed by atoms with E-state index in [1.165, 1.54) is 32.1 Å². The Morgan fingerprint density at radius 2 is 1.85 bits per heavy atom. The van der Waals surface area contributed by atoms with Crippen LogP contribution in [0.4, 0.5) is 0 Å². The molecule has 8 atom stereocenters. The lowest BCUT2D eigenvalue weighted by Crippen LogP contribution is -2.56. The lowest BCUT2D eigenvalue weighted by atomic mass is 9.42. The Labute approximate surface area is 198 Å². The molecule has 180 valence electrons. The smallest absolute Gasteiger partial charge is 0.157 e. The SMILES string of the molecule is C[C@]1(O)CC[C@H]2CC[C@@H]3[C@H](CC[C@]4(C)[C@@H](C(=O)Cn5cc(C#N)cn5)CCC[C@@H]34)[C@@]2(C)CC1. The number of aliphatic hydroxyl groups is 1. The number of carbonyl (C=O) groups is 1. The van der Waals surface area contributed by atoms with Crippen LogP contribution < -0.4 is 0 Å². The van der Waals surface area contributed by atoms with Crippen LogP contribution in [0, 0.1) is 51.8 Å². The van der Waals surface area contributed by atoms with E-state index in [0.717, 1.165) is 56.3 Å². The summed E-state index contributed by atoms with van der Waals surface area (Å²) in [5.41, 5.74) is 0.439. The highest BCUT2D eigenvalue weighted by molar-refractivity contribution is 5.81. The Morgan fingerprint density at radius 3 is 2.61 bits per heavy atom. The number of aromatic nitrogens is 2. The molecule has 0 unspecified atom stereocenters. The summed E-state index contributed by atoms with van der Waals surface area (Å²) in [5, 5.41) is 24.1. The van der Waals surface area contributed by atoms with E-state index in [-0.39, 0.29) is 17.9 Å². The van der Waals surface area contributed by atoms with Crippen LogP contribution in [-0.2, 0) is 11.3 Å². The molecule has 0 radical (unpaired) electrons. The molecule has 0 saturated heterocycles. The van der Waals surface area contributed by atoms with E-state index in [4.69, 9.17) is 5.26 Å². The van der Waals surface area contributed by atoms with E-state index in [0.29, 0.717) is 22.7 Å². The Hall–Kier alpha value is -1.67. The summed E-state index contributed by atoms with van der Waals surface area (Å²) in [5.74, 6) is 3.24. The van der Waals surface area contributed by atoms with Gasteiger partial charge in [0.2, 0.25) is 0 Å². The molecule has 5 heteroatoms. The molecule has 0 amide bonds. The average Bonchev–Trinajstić information content (AvgIpc) is 3.19. The lowest BCUT2D eigenvalue weighted by Gasteiger charge is -2.62. The first kappa shape index (κ1) is 23.1. The molecule has 5 nitrogen and oxygen atoms in total. The molecule has 1 N–H and O–H groups in total. The van der Waals surface area contributed by atoms with Gasteiger partial charge in [-0.1, -0.05) is 20.3 Å². The molecule has 1 aromatic rings. The van der Waals surface area contributed by atoms with Crippen molar-refractivity contribution < 1.29 is 9.90 Å².